The fourth-order valence-corrected chi connectivity index (χ4v) is 3.88. The van der Waals surface area contributed by atoms with E-state index < -0.39 is 10.0 Å². The first-order chi connectivity index (χ1) is 13.4. The summed E-state index contributed by atoms with van der Waals surface area (Å²) in [7, 11) is -1.85. The number of hydrogen-bond donors (Lipinski definition) is 2. The predicted molar refractivity (Wildman–Crippen MR) is 112 cm³/mol. The van der Waals surface area contributed by atoms with Gasteiger partial charge in [0.25, 0.3) is 0 Å². The van der Waals surface area contributed by atoms with Crippen molar-refractivity contribution in [2.75, 3.05) is 22.9 Å². The molecule has 5 nitrogen and oxygen atoms in total. The van der Waals surface area contributed by atoms with Gasteiger partial charge >= 0.3 is 0 Å². The van der Waals surface area contributed by atoms with E-state index in [0.717, 1.165) is 30.5 Å². The SMILES string of the molecule is CCS(=O)(=O)Nc1ccc(N[C@@H]2CC=C(c3ccc(F)cc3)CC2)cc1OC. The summed E-state index contributed by atoms with van der Waals surface area (Å²) in [5.74, 6) is 0.250. The molecule has 1 aliphatic carbocycles. The van der Waals surface area contributed by atoms with Gasteiger partial charge in [0.1, 0.15) is 11.6 Å². The molecule has 0 spiro atoms. The molecule has 0 bridgehead atoms. The molecule has 0 saturated heterocycles. The first-order valence-corrected chi connectivity index (χ1v) is 11.0. The third-order valence-electron chi connectivity index (χ3n) is 4.84. The van der Waals surface area contributed by atoms with E-state index in [2.05, 4.69) is 16.1 Å². The molecule has 3 rings (SSSR count). The molecular formula is C21H25FN2O3S. The summed E-state index contributed by atoms with van der Waals surface area (Å²) < 4.78 is 44.5. The number of rotatable bonds is 7. The number of hydrogen-bond acceptors (Lipinski definition) is 4. The van der Waals surface area contributed by atoms with E-state index in [4.69, 9.17) is 4.74 Å². The van der Waals surface area contributed by atoms with Crippen LogP contribution in [0.1, 0.15) is 31.7 Å². The van der Waals surface area contributed by atoms with Crippen LogP contribution in [0, 0.1) is 5.82 Å². The average Bonchev–Trinajstić information content (AvgIpc) is 2.70. The Kier molecular flexibility index (Phi) is 6.24. The van der Waals surface area contributed by atoms with Crippen molar-refractivity contribution in [2.24, 2.45) is 0 Å². The second-order valence-electron chi connectivity index (χ2n) is 6.77. The molecular weight excluding hydrogens is 379 g/mol. The van der Waals surface area contributed by atoms with Gasteiger partial charge in [-0.1, -0.05) is 18.2 Å². The fourth-order valence-electron chi connectivity index (χ4n) is 3.23. The molecule has 150 valence electrons. The minimum atomic E-state index is -3.36. The maximum Gasteiger partial charge on any atom is 0.232 e. The minimum Gasteiger partial charge on any atom is -0.494 e. The normalized spacial score (nSPS) is 17.0. The summed E-state index contributed by atoms with van der Waals surface area (Å²) in [4.78, 5) is 0. The summed E-state index contributed by atoms with van der Waals surface area (Å²) in [5.41, 5.74) is 3.60. The minimum absolute atomic E-state index is 0.000946. The summed E-state index contributed by atoms with van der Waals surface area (Å²) >= 11 is 0. The van der Waals surface area contributed by atoms with Gasteiger partial charge in [-0.2, -0.15) is 0 Å². The van der Waals surface area contributed by atoms with E-state index in [1.54, 1.807) is 19.1 Å². The number of halogens is 1. The molecule has 0 saturated carbocycles. The summed E-state index contributed by atoms with van der Waals surface area (Å²) in [6, 6.07) is 12.2. The number of ether oxygens (including phenoxy) is 1. The molecule has 1 aliphatic rings. The Bertz CT molecular complexity index is 956. The van der Waals surface area contributed by atoms with Crippen LogP contribution in [0.4, 0.5) is 15.8 Å². The zero-order valence-corrected chi connectivity index (χ0v) is 16.9. The molecule has 2 aromatic rings. The lowest BCUT2D eigenvalue weighted by atomic mass is 9.90. The van der Waals surface area contributed by atoms with E-state index in [-0.39, 0.29) is 17.6 Å². The summed E-state index contributed by atoms with van der Waals surface area (Å²) in [6.07, 6.45) is 4.92. The Morgan fingerprint density at radius 2 is 1.93 bits per heavy atom. The van der Waals surface area contributed by atoms with Crippen molar-refractivity contribution in [2.45, 2.75) is 32.2 Å². The zero-order chi connectivity index (χ0) is 20.1. The fraction of sp³-hybridized carbons (Fsp3) is 0.333. The van der Waals surface area contributed by atoms with Gasteiger partial charge in [0.15, 0.2) is 0 Å². The quantitative estimate of drug-likeness (QED) is 0.705. The molecule has 7 heteroatoms. The standard InChI is InChI=1S/C21H25FN2O3S/c1-3-28(25,26)24-20-13-12-19(14-21(20)27-2)23-18-10-6-16(7-11-18)15-4-8-17(22)9-5-15/h4-6,8-9,12-14,18,23-24H,3,7,10-11H2,1-2H3/t18-/m1/s1. The van der Waals surface area contributed by atoms with Crippen LogP contribution in [0.25, 0.3) is 5.57 Å². The van der Waals surface area contributed by atoms with Gasteiger partial charge in [0, 0.05) is 17.8 Å². The topological polar surface area (TPSA) is 67.4 Å². The molecule has 0 unspecified atom stereocenters. The number of methoxy groups -OCH3 is 1. The van der Waals surface area contributed by atoms with Gasteiger partial charge in [0.05, 0.1) is 18.6 Å². The molecule has 1 atom stereocenters. The zero-order valence-electron chi connectivity index (χ0n) is 16.0. The van der Waals surface area contributed by atoms with E-state index in [1.807, 2.05) is 18.2 Å². The highest BCUT2D eigenvalue weighted by atomic mass is 32.2. The number of anilines is 2. The third kappa shape index (κ3) is 5.04. The first-order valence-electron chi connectivity index (χ1n) is 9.30. The van der Waals surface area contributed by atoms with Crippen molar-refractivity contribution in [3.8, 4) is 5.75 Å². The van der Waals surface area contributed by atoms with E-state index in [0.29, 0.717) is 11.4 Å². The largest absolute Gasteiger partial charge is 0.494 e. The lowest BCUT2D eigenvalue weighted by Crippen LogP contribution is -2.21. The van der Waals surface area contributed by atoms with Gasteiger partial charge < -0.3 is 10.1 Å². The van der Waals surface area contributed by atoms with Crippen molar-refractivity contribution >= 4 is 27.0 Å². The van der Waals surface area contributed by atoms with Gasteiger partial charge in [-0.3, -0.25) is 4.72 Å². The Labute approximate surface area is 165 Å². The molecule has 0 heterocycles. The van der Waals surface area contributed by atoms with Crippen LogP contribution in [-0.4, -0.2) is 27.3 Å². The molecule has 0 amide bonds. The number of allylic oxidation sites excluding steroid dienone is 1. The van der Waals surface area contributed by atoms with Crippen molar-refractivity contribution in [1.29, 1.82) is 0 Å². The number of sulfonamides is 1. The number of benzene rings is 2. The van der Waals surface area contributed by atoms with Gasteiger partial charge in [-0.05, 0) is 61.6 Å². The second-order valence-corrected chi connectivity index (χ2v) is 8.78. The Hall–Kier alpha value is -2.54. The van der Waals surface area contributed by atoms with Crippen LogP contribution in [0.2, 0.25) is 0 Å². The highest BCUT2D eigenvalue weighted by Gasteiger charge is 2.17. The van der Waals surface area contributed by atoms with Crippen LogP contribution < -0.4 is 14.8 Å². The summed E-state index contributed by atoms with van der Waals surface area (Å²) in [6.45, 7) is 1.58. The van der Waals surface area contributed by atoms with Crippen LogP contribution in [0.3, 0.4) is 0 Å². The Morgan fingerprint density at radius 3 is 2.54 bits per heavy atom. The maximum absolute atomic E-state index is 13.1. The van der Waals surface area contributed by atoms with Gasteiger partial charge in [0.2, 0.25) is 10.0 Å². The van der Waals surface area contributed by atoms with Crippen LogP contribution in [0.5, 0.6) is 5.75 Å². The first kappa shape index (κ1) is 20.2. The van der Waals surface area contributed by atoms with E-state index in [9.17, 15) is 12.8 Å². The highest BCUT2D eigenvalue weighted by molar-refractivity contribution is 7.92. The van der Waals surface area contributed by atoms with E-state index >= 15 is 0 Å². The van der Waals surface area contributed by atoms with Crippen molar-refractivity contribution < 1.29 is 17.5 Å². The van der Waals surface area contributed by atoms with Gasteiger partial charge in [-0.15, -0.1) is 0 Å². The molecule has 0 aromatic heterocycles. The molecule has 2 N–H and O–H groups in total. The maximum atomic E-state index is 13.1. The van der Waals surface area contributed by atoms with Crippen molar-refractivity contribution in [3.05, 3.63) is 59.9 Å². The molecule has 2 aromatic carbocycles. The van der Waals surface area contributed by atoms with Crippen molar-refractivity contribution in [1.82, 2.24) is 0 Å². The van der Waals surface area contributed by atoms with Gasteiger partial charge in [-0.25, -0.2) is 12.8 Å². The third-order valence-corrected chi connectivity index (χ3v) is 6.13. The second kappa shape index (κ2) is 8.65. The van der Waals surface area contributed by atoms with E-state index in [1.165, 1.54) is 24.8 Å². The average molecular weight is 405 g/mol. The Balaban J connectivity index is 1.67. The molecule has 0 fully saturated rings. The monoisotopic (exact) mass is 404 g/mol. The molecule has 0 aliphatic heterocycles. The molecule has 0 radical (unpaired) electrons. The number of nitrogens with one attached hydrogen (secondary N) is 2. The van der Waals surface area contributed by atoms with Crippen LogP contribution in [-0.2, 0) is 10.0 Å². The smallest absolute Gasteiger partial charge is 0.232 e. The molecule has 28 heavy (non-hydrogen) atoms. The van der Waals surface area contributed by atoms with Crippen LogP contribution in [0.15, 0.2) is 48.5 Å². The van der Waals surface area contributed by atoms with Crippen molar-refractivity contribution in [3.63, 3.8) is 0 Å². The summed E-state index contributed by atoms with van der Waals surface area (Å²) in [5, 5.41) is 3.48. The lowest BCUT2D eigenvalue weighted by Gasteiger charge is -2.25. The van der Waals surface area contributed by atoms with Crippen LogP contribution >= 0.6 is 0 Å². The predicted octanol–water partition coefficient (Wildman–Crippen LogP) is 4.64. The lowest BCUT2D eigenvalue weighted by molar-refractivity contribution is 0.417. The highest BCUT2D eigenvalue weighted by Crippen LogP contribution is 2.32. The Morgan fingerprint density at radius 1 is 1.18 bits per heavy atom.